The van der Waals surface area contributed by atoms with E-state index in [1.807, 2.05) is 6.07 Å². The SMILES string of the molecule is OC1NCC2(CCN(Cc3ccccc3)CC2)O1. The van der Waals surface area contributed by atoms with Crippen LogP contribution in [-0.4, -0.2) is 41.7 Å². The Labute approximate surface area is 108 Å². The van der Waals surface area contributed by atoms with E-state index in [0.717, 1.165) is 39.0 Å². The fourth-order valence-electron chi connectivity index (χ4n) is 2.85. The molecule has 0 aromatic heterocycles. The fraction of sp³-hybridized carbons (Fsp3) is 0.571. The molecule has 4 nitrogen and oxygen atoms in total. The van der Waals surface area contributed by atoms with Gasteiger partial charge in [-0.25, -0.2) is 0 Å². The van der Waals surface area contributed by atoms with Gasteiger partial charge in [-0.1, -0.05) is 30.3 Å². The maximum absolute atomic E-state index is 9.40. The first-order valence-corrected chi connectivity index (χ1v) is 6.61. The standard InChI is InChI=1S/C14H20N2O2/c17-13-15-11-14(18-13)6-8-16(9-7-14)10-12-4-2-1-3-5-12/h1-5,13,15,17H,6-11H2. The molecule has 0 aliphatic carbocycles. The number of nitrogens with zero attached hydrogens (tertiary/aromatic N) is 1. The second-order valence-corrected chi connectivity index (χ2v) is 5.30. The fourth-order valence-corrected chi connectivity index (χ4v) is 2.85. The lowest BCUT2D eigenvalue weighted by Gasteiger charge is -2.38. The highest BCUT2D eigenvalue weighted by Crippen LogP contribution is 2.30. The predicted octanol–water partition coefficient (Wildman–Crippen LogP) is 0.917. The van der Waals surface area contributed by atoms with E-state index in [0.29, 0.717) is 0 Å². The molecular weight excluding hydrogens is 228 g/mol. The van der Waals surface area contributed by atoms with E-state index >= 15 is 0 Å². The molecule has 1 unspecified atom stereocenters. The summed E-state index contributed by atoms with van der Waals surface area (Å²) in [5.74, 6) is 0. The average molecular weight is 248 g/mol. The highest BCUT2D eigenvalue weighted by Gasteiger charge is 2.41. The molecule has 0 radical (unpaired) electrons. The monoisotopic (exact) mass is 248 g/mol. The highest BCUT2D eigenvalue weighted by atomic mass is 16.6. The smallest absolute Gasteiger partial charge is 0.214 e. The summed E-state index contributed by atoms with van der Waals surface area (Å²) in [5, 5.41) is 12.4. The molecule has 2 heterocycles. The zero-order chi connectivity index (χ0) is 12.4. The summed E-state index contributed by atoms with van der Waals surface area (Å²) in [7, 11) is 0. The van der Waals surface area contributed by atoms with E-state index in [9.17, 15) is 5.11 Å². The van der Waals surface area contributed by atoms with E-state index in [2.05, 4.69) is 34.5 Å². The minimum Gasteiger partial charge on any atom is -0.356 e. The van der Waals surface area contributed by atoms with E-state index < -0.39 is 6.41 Å². The lowest BCUT2D eigenvalue weighted by molar-refractivity contribution is -0.157. The predicted molar refractivity (Wildman–Crippen MR) is 68.8 cm³/mol. The Morgan fingerprint density at radius 2 is 2.00 bits per heavy atom. The van der Waals surface area contributed by atoms with Gasteiger partial charge in [0.2, 0.25) is 6.41 Å². The van der Waals surface area contributed by atoms with Crippen molar-refractivity contribution in [1.29, 1.82) is 0 Å². The van der Waals surface area contributed by atoms with Crippen LogP contribution in [0.2, 0.25) is 0 Å². The second kappa shape index (κ2) is 4.97. The molecule has 2 aliphatic rings. The lowest BCUT2D eigenvalue weighted by atomic mass is 9.91. The second-order valence-electron chi connectivity index (χ2n) is 5.30. The van der Waals surface area contributed by atoms with Gasteiger partial charge in [-0.15, -0.1) is 0 Å². The molecular formula is C14H20N2O2. The van der Waals surface area contributed by atoms with Gasteiger partial charge in [-0.3, -0.25) is 10.2 Å². The summed E-state index contributed by atoms with van der Waals surface area (Å²) in [6.07, 6.45) is 1.21. The molecule has 1 aromatic carbocycles. The normalized spacial score (nSPS) is 27.7. The van der Waals surface area contributed by atoms with Crippen molar-refractivity contribution in [2.24, 2.45) is 0 Å². The van der Waals surface area contributed by atoms with Crippen LogP contribution in [-0.2, 0) is 11.3 Å². The van der Waals surface area contributed by atoms with Crippen molar-refractivity contribution < 1.29 is 9.84 Å². The zero-order valence-corrected chi connectivity index (χ0v) is 10.5. The van der Waals surface area contributed by atoms with Crippen LogP contribution in [0, 0.1) is 0 Å². The number of benzene rings is 1. The van der Waals surface area contributed by atoms with E-state index in [1.54, 1.807) is 0 Å². The van der Waals surface area contributed by atoms with Crippen LogP contribution in [0.3, 0.4) is 0 Å². The molecule has 2 N–H and O–H groups in total. The van der Waals surface area contributed by atoms with Crippen LogP contribution < -0.4 is 5.32 Å². The van der Waals surface area contributed by atoms with Crippen LogP contribution in [0.15, 0.2) is 30.3 Å². The lowest BCUT2D eigenvalue weighted by Crippen LogP contribution is -2.46. The van der Waals surface area contributed by atoms with Crippen LogP contribution >= 0.6 is 0 Å². The minimum atomic E-state index is -0.773. The van der Waals surface area contributed by atoms with Gasteiger partial charge in [-0.05, 0) is 18.4 Å². The number of hydrogen-bond donors (Lipinski definition) is 2. The molecule has 2 saturated heterocycles. The topological polar surface area (TPSA) is 44.7 Å². The molecule has 0 bridgehead atoms. The van der Waals surface area contributed by atoms with E-state index in [-0.39, 0.29) is 5.60 Å². The summed E-state index contributed by atoms with van der Waals surface area (Å²) in [6.45, 7) is 3.84. The van der Waals surface area contributed by atoms with Crippen LogP contribution in [0.25, 0.3) is 0 Å². The summed E-state index contributed by atoms with van der Waals surface area (Å²) < 4.78 is 5.61. The van der Waals surface area contributed by atoms with Gasteiger partial charge in [0.1, 0.15) is 0 Å². The number of likely N-dealkylation sites (tertiary alicyclic amines) is 1. The number of rotatable bonds is 2. The van der Waals surface area contributed by atoms with E-state index in [4.69, 9.17) is 4.74 Å². The van der Waals surface area contributed by atoms with Gasteiger partial charge in [0.25, 0.3) is 0 Å². The van der Waals surface area contributed by atoms with Crippen molar-refractivity contribution in [3.63, 3.8) is 0 Å². The Hall–Kier alpha value is -0.940. The molecule has 0 saturated carbocycles. The maximum Gasteiger partial charge on any atom is 0.214 e. The molecule has 3 rings (SSSR count). The number of piperidine rings is 1. The Morgan fingerprint density at radius 1 is 1.28 bits per heavy atom. The molecule has 1 aromatic rings. The van der Waals surface area contributed by atoms with Crippen molar-refractivity contribution in [3.8, 4) is 0 Å². The molecule has 0 amide bonds. The number of hydrogen-bond acceptors (Lipinski definition) is 4. The van der Waals surface area contributed by atoms with Crippen molar-refractivity contribution in [2.75, 3.05) is 19.6 Å². The molecule has 4 heteroatoms. The quantitative estimate of drug-likeness (QED) is 0.817. The maximum atomic E-state index is 9.40. The number of ether oxygens (including phenoxy) is 1. The third kappa shape index (κ3) is 2.57. The van der Waals surface area contributed by atoms with Crippen LogP contribution in [0.5, 0.6) is 0 Å². The van der Waals surface area contributed by atoms with Gasteiger partial charge in [0, 0.05) is 26.2 Å². The van der Waals surface area contributed by atoms with Gasteiger partial charge in [0.05, 0.1) is 5.60 Å². The summed E-state index contributed by atoms with van der Waals surface area (Å²) in [5.41, 5.74) is 1.23. The van der Waals surface area contributed by atoms with Crippen molar-refractivity contribution in [3.05, 3.63) is 35.9 Å². The number of nitrogens with one attached hydrogen (secondary N) is 1. The third-order valence-electron chi connectivity index (χ3n) is 3.98. The number of aliphatic hydroxyl groups is 1. The molecule has 2 fully saturated rings. The molecule has 1 atom stereocenters. The van der Waals surface area contributed by atoms with Gasteiger partial charge < -0.3 is 9.84 Å². The van der Waals surface area contributed by atoms with Crippen molar-refractivity contribution in [2.45, 2.75) is 31.4 Å². The first kappa shape index (κ1) is 12.1. The molecule has 18 heavy (non-hydrogen) atoms. The Kier molecular flexibility index (Phi) is 3.35. The third-order valence-corrected chi connectivity index (χ3v) is 3.98. The Bertz CT molecular complexity index is 388. The van der Waals surface area contributed by atoms with Gasteiger partial charge in [0.15, 0.2) is 0 Å². The van der Waals surface area contributed by atoms with Crippen LogP contribution in [0.4, 0.5) is 0 Å². The molecule has 98 valence electrons. The largest absolute Gasteiger partial charge is 0.356 e. The van der Waals surface area contributed by atoms with Crippen molar-refractivity contribution in [1.82, 2.24) is 10.2 Å². The summed E-state index contributed by atoms with van der Waals surface area (Å²) >= 11 is 0. The van der Waals surface area contributed by atoms with E-state index in [1.165, 1.54) is 5.56 Å². The zero-order valence-electron chi connectivity index (χ0n) is 10.5. The number of aliphatic hydroxyl groups excluding tert-OH is 1. The van der Waals surface area contributed by atoms with Gasteiger partial charge >= 0.3 is 0 Å². The minimum absolute atomic E-state index is 0.132. The Morgan fingerprint density at radius 3 is 2.61 bits per heavy atom. The first-order valence-electron chi connectivity index (χ1n) is 6.61. The first-order chi connectivity index (χ1) is 8.76. The molecule has 2 aliphatic heterocycles. The Balaban J connectivity index is 1.54. The van der Waals surface area contributed by atoms with Crippen LogP contribution in [0.1, 0.15) is 18.4 Å². The van der Waals surface area contributed by atoms with Crippen molar-refractivity contribution >= 4 is 0 Å². The summed E-state index contributed by atoms with van der Waals surface area (Å²) in [6, 6.07) is 10.6. The summed E-state index contributed by atoms with van der Waals surface area (Å²) in [4.78, 5) is 2.45. The van der Waals surface area contributed by atoms with Gasteiger partial charge in [-0.2, -0.15) is 0 Å². The highest BCUT2D eigenvalue weighted by molar-refractivity contribution is 5.14. The average Bonchev–Trinajstić information content (AvgIpc) is 2.75. The molecule has 1 spiro atoms.